The molecule has 1 heterocycles. The van der Waals surface area contributed by atoms with E-state index in [1.165, 1.54) is 23.5 Å². The van der Waals surface area contributed by atoms with Crippen molar-refractivity contribution in [3.05, 3.63) is 54.6 Å². The topological polar surface area (TPSA) is 66.9 Å². The van der Waals surface area contributed by atoms with Gasteiger partial charge >= 0.3 is 0 Å². The summed E-state index contributed by atoms with van der Waals surface area (Å²) in [5.74, 6) is 0.411. The van der Waals surface area contributed by atoms with Crippen LogP contribution < -0.4 is 9.04 Å². The number of benzene rings is 2. The first-order valence-electron chi connectivity index (χ1n) is 9.52. The van der Waals surface area contributed by atoms with Crippen molar-refractivity contribution in [2.75, 3.05) is 31.0 Å². The third kappa shape index (κ3) is 4.65. The van der Waals surface area contributed by atoms with Gasteiger partial charge < -0.3 is 9.64 Å². The van der Waals surface area contributed by atoms with Crippen molar-refractivity contribution < 1.29 is 17.9 Å². The second-order valence-corrected chi connectivity index (χ2v) is 8.68. The molecule has 0 radical (unpaired) electrons. The third-order valence-corrected chi connectivity index (χ3v) is 6.72. The molecule has 1 saturated heterocycles. The van der Waals surface area contributed by atoms with Crippen molar-refractivity contribution >= 4 is 21.6 Å². The average Bonchev–Trinajstić information content (AvgIpc) is 3.02. The highest BCUT2D eigenvalue weighted by Crippen LogP contribution is 2.25. The Kier molecular flexibility index (Phi) is 6.57. The minimum absolute atomic E-state index is 0.126. The Balaban J connectivity index is 1.91. The van der Waals surface area contributed by atoms with E-state index in [0.29, 0.717) is 24.5 Å². The molecule has 3 rings (SSSR count). The molecule has 7 heteroatoms. The number of anilines is 1. The van der Waals surface area contributed by atoms with Gasteiger partial charge in [0.05, 0.1) is 17.7 Å². The number of para-hydroxylation sites is 1. The van der Waals surface area contributed by atoms with Crippen LogP contribution in [-0.4, -0.2) is 46.0 Å². The Hall–Kier alpha value is -2.54. The zero-order chi connectivity index (χ0) is 20.0. The lowest BCUT2D eigenvalue weighted by Crippen LogP contribution is -2.43. The SMILES string of the molecule is COc1ccc(S(=O)(=O)N(CC(=O)N2CCCCCC2)c2ccccc2)cc1. The van der Waals surface area contributed by atoms with Gasteiger partial charge in [0.2, 0.25) is 5.91 Å². The number of likely N-dealkylation sites (tertiary alicyclic amines) is 1. The molecule has 1 fully saturated rings. The number of carbonyl (C=O) groups is 1. The largest absolute Gasteiger partial charge is 0.497 e. The molecule has 2 aromatic carbocycles. The van der Waals surface area contributed by atoms with Crippen LogP contribution in [0.25, 0.3) is 0 Å². The molecule has 2 aromatic rings. The summed E-state index contributed by atoms with van der Waals surface area (Å²) in [6.07, 6.45) is 4.14. The van der Waals surface area contributed by atoms with E-state index >= 15 is 0 Å². The Morgan fingerprint density at radius 3 is 2.14 bits per heavy atom. The van der Waals surface area contributed by atoms with Gasteiger partial charge in [0.15, 0.2) is 0 Å². The highest BCUT2D eigenvalue weighted by atomic mass is 32.2. The van der Waals surface area contributed by atoms with Crippen molar-refractivity contribution in [2.45, 2.75) is 30.6 Å². The quantitative estimate of drug-likeness (QED) is 0.744. The Morgan fingerprint density at radius 2 is 1.57 bits per heavy atom. The van der Waals surface area contributed by atoms with Crippen LogP contribution in [0.5, 0.6) is 5.75 Å². The van der Waals surface area contributed by atoms with Gasteiger partial charge in [-0.3, -0.25) is 9.10 Å². The first-order chi connectivity index (χ1) is 13.5. The normalized spacial score (nSPS) is 15.0. The van der Waals surface area contributed by atoms with Crippen molar-refractivity contribution in [1.29, 1.82) is 0 Å². The highest BCUT2D eigenvalue weighted by Gasteiger charge is 2.29. The van der Waals surface area contributed by atoms with E-state index in [0.717, 1.165) is 25.7 Å². The fourth-order valence-electron chi connectivity index (χ4n) is 3.33. The van der Waals surface area contributed by atoms with Crippen LogP contribution in [0, 0.1) is 0 Å². The van der Waals surface area contributed by atoms with Crippen molar-refractivity contribution in [1.82, 2.24) is 4.90 Å². The molecule has 0 aromatic heterocycles. The number of ether oxygens (including phenoxy) is 1. The molecule has 0 bridgehead atoms. The average molecular weight is 403 g/mol. The molecule has 1 amide bonds. The highest BCUT2D eigenvalue weighted by molar-refractivity contribution is 7.92. The van der Waals surface area contributed by atoms with E-state index in [4.69, 9.17) is 4.74 Å². The fourth-order valence-corrected chi connectivity index (χ4v) is 4.74. The van der Waals surface area contributed by atoms with Gasteiger partial charge in [0.1, 0.15) is 12.3 Å². The van der Waals surface area contributed by atoms with Crippen LogP contribution in [0.3, 0.4) is 0 Å². The molecule has 150 valence electrons. The summed E-state index contributed by atoms with van der Waals surface area (Å²) in [4.78, 5) is 14.8. The number of methoxy groups -OCH3 is 1. The van der Waals surface area contributed by atoms with Gasteiger partial charge in [-0.2, -0.15) is 0 Å². The molecule has 0 aliphatic carbocycles. The fraction of sp³-hybridized carbons (Fsp3) is 0.381. The molecule has 0 N–H and O–H groups in total. The predicted molar refractivity (Wildman–Crippen MR) is 109 cm³/mol. The molecule has 0 saturated carbocycles. The van der Waals surface area contributed by atoms with Crippen LogP contribution in [-0.2, 0) is 14.8 Å². The number of amides is 1. The lowest BCUT2D eigenvalue weighted by molar-refractivity contribution is -0.129. The van der Waals surface area contributed by atoms with Crippen LogP contribution >= 0.6 is 0 Å². The van der Waals surface area contributed by atoms with Crippen LogP contribution in [0.1, 0.15) is 25.7 Å². The summed E-state index contributed by atoms with van der Waals surface area (Å²) in [7, 11) is -2.36. The first-order valence-corrected chi connectivity index (χ1v) is 11.0. The number of hydrogen-bond acceptors (Lipinski definition) is 4. The molecule has 6 nitrogen and oxygen atoms in total. The molecule has 0 spiro atoms. The number of nitrogens with zero attached hydrogens (tertiary/aromatic N) is 2. The Labute approximate surface area is 166 Å². The minimum atomic E-state index is -3.89. The maximum absolute atomic E-state index is 13.3. The first kappa shape index (κ1) is 20.2. The van der Waals surface area contributed by atoms with E-state index in [-0.39, 0.29) is 17.3 Å². The van der Waals surface area contributed by atoms with Gasteiger partial charge in [-0.25, -0.2) is 8.42 Å². The molecular formula is C21H26N2O4S. The summed E-state index contributed by atoms with van der Waals surface area (Å²) in [6.45, 7) is 1.16. The molecule has 1 aliphatic rings. The Morgan fingerprint density at radius 1 is 0.964 bits per heavy atom. The zero-order valence-electron chi connectivity index (χ0n) is 16.1. The second-order valence-electron chi connectivity index (χ2n) is 6.82. The summed E-state index contributed by atoms with van der Waals surface area (Å²) in [6, 6.07) is 15.0. The van der Waals surface area contributed by atoms with Gasteiger partial charge in [-0.15, -0.1) is 0 Å². The lowest BCUT2D eigenvalue weighted by Gasteiger charge is -2.28. The second kappa shape index (κ2) is 9.10. The predicted octanol–water partition coefficient (Wildman–Crippen LogP) is 3.29. The standard InChI is InChI=1S/C21H26N2O4S/c1-27-19-11-13-20(14-12-19)28(25,26)23(18-9-5-4-6-10-18)17-21(24)22-15-7-2-3-8-16-22/h4-6,9-14H,2-3,7-8,15-17H2,1H3. The summed E-state index contributed by atoms with van der Waals surface area (Å²) in [5, 5.41) is 0. The van der Waals surface area contributed by atoms with E-state index in [1.54, 1.807) is 41.3 Å². The van der Waals surface area contributed by atoms with E-state index in [9.17, 15) is 13.2 Å². The van der Waals surface area contributed by atoms with Crippen molar-refractivity contribution in [3.8, 4) is 5.75 Å². The number of sulfonamides is 1. The molecule has 0 atom stereocenters. The zero-order valence-corrected chi connectivity index (χ0v) is 16.9. The van der Waals surface area contributed by atoms with Crippen molar-refractivity contribution in [2.24, 2.45) is 0 Å². The van der Waals surface area contributed by atoms with Gasteiger partial charge in [0, 0.05) is 13.1 Å². The molecule has 1 aliphatic heterocycles. The van der Waals surface area contributed by atoms with E-state index in [2.05, 4.69) is 0 Å². The molecule has 0 unspecified atom stereocenters. The monoisotopic (exact) mass is 402 g/mol. The number of carbonyl (C=O) groups excluding carboxylic acids is 1. The smallest absolute Gasteiger partial charge is 0.264 e. The summed E-state index contributed by atoms with van der Waals surface area (Å²) in [5.41, 5.74) is 0.474. The number of hydrogen-bond donors (Lipinski definition) is 0. The van der Waals surface area contributed by atoms with E-state index in [1.807, 2.05) is 6.07 Å². The lowest BCUT2D eigenvalue weighted by atomic mass is 10.2. The van der Waals surface area contributed by atoms with Crippen LogP contribution in [0.15, 0.2) is 59.5 Å². The molecule has 28 heavy (non-hydrogen) atoms. The van der Waals surface area contributed by atoms with Gasteiger partial charge in [0.25, 0.3) is 10.0 Å². The Bertz CT molecular complexity index is 874. The van der Waals surface area contributed by atoms with Gasteiger partial charge in [-0.05, 0) is 49.2 Å². The maximum Gasteiger partial charge on any atom is 0.264 e. The van der Waals surface area contributed by atoms with E-state index < -0.39 is 10.0 Å². The van der Waals surface area contributed by atoms with Crippen LogP contribution in [0.2, 0.25) is 0 Å². The maximum atomic E-state index is 13.3. The van der Waals surface area contributed by atoms with Crippen molar-refractivity contribution in [3.63, 3.8) is 0 Å². The number of rotatable bonds is 6. The third-order valence-electron chi connectivity index (χ3n) is 4.93. The molecular weight excluding hydrogens is 376 g/mol. The minimum Gasteiger partial charge on any atom is -0.497 e. The van der Waals surface area contributed by atoms with Crippen LogP contribution in [0.4, 0.5) is 5.69 Å². The summed E-state index contributed by atoms with van der Waals surface area (Å²) >= 11 is 0. The van der Waals surface area contributed by atoms with Gasteiger partial charge in [-0.1, -0.05) is 31.0 Å². The summed E-state index contributed by atoms with van der Waals surface area (Å²) < 4.78 is 33.0.